The molecular weight excluding hydrogens is 641 g/mol. The van der Waals surface area contributed by atoms with Crippen LogP contribution in [0.5, 0.6) is 0 Å². The van der Waals surface area contributed by atoms with Crippen molar-refractivity contribution in [2.75, 3.05) is 31.9 Å². The Labute approximate surface area is 264 Å². The van der Waals surface area contributed by atoms with Crippen LogP contribution >= 0.6 is 19.2 Å². The fourth-order valence-electron chi connectivity index (χ4n) is 4.65. The summed E-state index contributed by atoms with van der Waals surface area (Å²) in [6, 6.07) is 0.290. The van der Waals surface area contributed by atoms with E-state index < -0.39 is 70.5 Å². The number of carbonyl (C=O) groups excluding carboxylic acids is 2. The highest BCUT2D eigenvalue weighted by atomic mass is 35.5. The van der Waals surface area contributed by atoms with Crippen molar-refractivity contribution < 1.29 is 56.7 Å². The van der Waals surface area contributed by atoms with Gasteiger partial charge in [0.2, 0.25) is 18.9 Å². The molecule has 2 aliphatic rings. The van der Waals surface area contributed by atoms with Crippen molar-refractivity contribution >= 4 is 48.4 Å². The molecule has 0 spiro atoms. The van der Waals surface area contributed by atoms with Gasteiger partial charge >= 0.3 is 19.9 Å². The number of rotatable bonds is 15. The zero-order valence-corrected chi connectivity index (χ0v) is 27.1. The number of hydrogen-bond donors (Lipinski definition) is 2. The van der Waals surface area contributed by atoms with Crippen LogP contribution in [0.15, 0.2) is 6.20 Å². The summed E-state index contributed by atoms with van der Waals surface area (Å²) >= 11 is 6.23. The molecule has 0 bridgehead atoms. The number of hydrogen-bond acceptors (Lipinski definition) is 16. The highest BCUT2D eigenvalue weighted by Gasteiger charge is 2.38. The summed E-state index contributed by atoms with van der Waals surface area (Å²) in [5, 5.41) is 19.3. The Hall–Kier alpha value is -2.79. The van der Waals surface area contributed by atoms with Crippen LogP contribution in [-0.4, -0.2) is 94.2 Å². The molecule has 4 rings (SSSR count). The molecule has 0 amide bonds. The number of aliphatic hydroxyl groups is 1. The molecule has 0 unspecified atom stereocenters. The van der Waals surface area contributed by atoms with E-state index in [4.69, 9.17) is 49.1 Å². The zero-order chi connectivity index (χ0) is 32.6. The topological polar surface area (TPSA) is 201 Å². The largest absolute Gasteiger partial charge is 0.510 e. The van der Waals surface area contributed by atoms with Crippen LogP contribution in [0.25, 0.3) is 11.0 Å². The monoisotopic (exact) mass is 679 g/mol. The summed E-state index contributed by atoms with van der Waals surface area (Å²) in [6.45, 7) is 4.62. The van der Waals surface area contributed by atoms with Gasteiger partial charge in [0.15, 0.2) is 11.9 Å². The van der Waals surface area contributed by atoms with Crippen LogP contribution in [-0.2, 0) is 42.0 Å². The second kappa shape index (κ2) is 16.2. The summed E-state index contributed by atoms with van der Waals surface area (Å²) in [4.78, 5) is 32.0. The van der Waals surface area contributed by atoms with Crippen LogP contribution in [0.1, 0.15) is 66.0 Å². The molecule has 1 saturated heterocycles. The first-order valence-corrected chi connectivity index (χ1v) is 16.7. The lowest BCUT2D eigenvalue weighted by Crippen LogP contribution is -2.27. The van der Waals surface area contributed by atoms with Crippen LogP contribution in [0.4, 0.5) is 15.4 Å². The minimum absolute atomic E-state index is 0.0434. The lowest BCUT2D eigenvalue weighted by Gasteiger charge is -2.20. The van der Waals surface area contributed by atoms with Crippen LogP contribution < -0.4 is 5.32 Å². The zero-order valence-electron chi connectivity index (χ0n) is 25.5. The molecule has 2 N–H and O–H groups in total. The van der Waals surface area contributed by atoms with Gasteiger partial charge in [-0.2, -0.15) is 15.1 Å². The molecule has 2 fully saturated rings. The maximum atomic E-state index is 13.3. The minimum Gasteiger partial charge on any atom is -0.432 e. The van der Waals surface area contributed by atoms with Gasteiger partial charge in [0.1, 0.15) is 18.3 Å². The Balaban J connectivity index is 1.34. The highest BCUT2D eigenvalue weighted by Crippen LogP contribution is 2.48. The number of anilines is 1. The van der Waals surface area contributed by atoms with E-state index in [-0.39, 0.29) is 18.3 Å². The third-order valence-corrected chi connectivity index (χ3v) is 8.31. The second-order valence-electron chi connectivity index (χ2n) is 11.0. The predicted octanol–water partition coefficient (Wildman–Crippen LogP) is 4.72. The summed E-state index contributed by atoms with van der Waals surface area (Å²) < 4.78 is 55.8. The number of halogens is 1. The first-order chi connectivity index (χ1) is 21.4. The van der Waals surface area contributed by atoms with Gasteiger partial charge in [-0.15, -0.1) is 0 Å². The SMILES string of the molecule is CC(C)OC(=O)OCOP(=O)(COC[C@H]1O[C@@H](n2ncc3c(NC4CCCC4)nc(Cl)nc32)C[C@@H]1O)OCOC(=O)OC(C)C. The van der Waals surface area contributed by atoms with Gasteiger partial charge in [-0.05, 0) is 52.1 Å². The summed E-state index contributed by atoms with van der Waals surface area (Å²) in [6.07, 6.45) is -0.0966. The van der Waals surface area contributed by atoms with E-state index >= 15 is 0 Å². The fraction of sp³-hybridized carbons (Fsp3) is 0.731. The van der Waals surface area contributed by atoms with E-state index in [0.29, 0.717) is 22.9 Å². The third-order valence-electron chi connectivity index (χ3n) is 6.65. The summed E-state index contributed by atoms with van der Waals surface area (Å²) in [5.41, 5.74) is 0.438. The molecule has 2 aromatic rings. The van der Waals surface area contributed by atoms with E-state index in [1.807, 2.05) is 0 Å². The van der Waals surface area contributed by atoms with Crippen molar-refractivity contribution in [3.63, 3.8) is 0 Å². The standard InChI is InChI=1S/C26H39ClN5O12P/c1-15(2)42-25(34)38-12-40-45(36,41-13-39-26(35)43-16(3)4)14-37-11-20-19(33)9-21(44-20)32-23-18(10-28-32)22(30-24(27)31-23)29-17-7-5-6-8-17/h10,15-17,19-21,33H,5-9,11-14H2,1-4H3,(H,29,30,31)/t19-,20+,21+/m0/s1. The van der Waals surface area contributed by atoms with E-state index in [9.17, 15) is 19.3 Å². The fourth-order valence-corrected chi connectivity index (χ4v) is 5.80. The Bertz CT molecular complexity index is 1310. The van der Waals surface area contributed by atoms with E-state index in [2.05, 4.69) is 20.4 Å². The van der Waals surface area contributed by atoms with Crippen molar-refractivity contribution in [2.24, 2.45) is 0 Å². The minimum atomic E-state index is -4.18. The molecule has 1 aliphatic heterocycles. The van der Waals surface area contributed by atoms with Gasteiger partial charge in [-0.25, -0.2) is 14.3 Å². The average molecular weight is 680 g/mol. The molecule has 0 aromatic carbocycles. The number of aromatic nitrogens is 4. The first kappa shape index (κ1) is 35.1. The smallest absolute Gasteiger partial charge is 0.432 e. The Morgan fingerprint density at radius 1 is 1.09 bits per heavy atom. The maximum Gasteiger partial charge on any atom is 0.510 e. The number of nitrogens with zero attached hydrogens (tertiary/aromatic N) is 4. The molecule has 2 aromatic heterocycles. The predicted molar refractivity (Wildman–Crippen MR) is 156 cm³/mol. The molecule has 17 nitrogen and oxygen atoms in total. The first-order valence-electron chi connectivity index (χ1n) is 14.6. The average Bonchev–Trinajstić information content (AvgIpc) is 3.68. The van der Waals surface area contributed by atoms with E-state index in [1.54, 1.807) is 33.9 Å². The van der Waals surface area contributed by atoms with E-state index in [1.165, 1.54) is 4.68 Å². The quantitative estimate of drug-likeness (QED) is 0.113. The van der Waals surface area contributed by atoms with Crippen molar-refractivity contribution in [3.8, 4) is 0 Å². The second-order valence-corrected chi connectivity index (χ2v) is 13.3. The van der Waals surface area contributed by atoms with Crippen LogP contribution in [0, 0.1) is 0 Å². The van der Waals surface area contributed by atoms with Crippen LogP contribution in [0.2, 0.25) is 5.28 Å². The Morgan fingerprint density at radius 2 is 1.71 bits per heavy atom. The molecule has 252 valence electrons. The van der Waals surface area contributed by atoms with Gasteiger partial charge in [0.25, 0.3) is 0 Å². The highest BCUT2D eigenvalue weighted by molar-refractivity contribution is 7.53. The maximum absolute atomic E-state index is 13.3. The van der Waals surface area contributed by atoms with Crippen molar-refractivity contribution in [1.29, 1.82) is 0 Å². The lowest BCUT2D eigenvalue weighted by molar-refractivity contribution is -0.0644. The number of carbonyl (C=O) groups is 2. The molecular formula is C26H39ClN5O12P. The van der Waals surface area contributed by atoms with Gasteiger partial charge < -0.3 is 38.8 Å². The van der Waals surface area contributed by atoms with Gasteiger partial charge in [0, 0.05) is 12.5 Å². The molecule has 3 heterocycles. The van der Waals surface area contributed by atoms with Crippen LogP contribution in [0.3, 0.4) is 0 Å². The number of ether oxygens (including phenoxy) is 6. The molecule has 1 aliphatic carbocycles. The van der Waals surface area contributed by atoms with E-state index in [0.717, 1.165) is 25.7 Å². The lowest BCUT2D eigenvalue weighted by atomic mass is 10.2. The van der Waals surface area contributed by atoms with Crippen molar-refractivity contribution in [2.45, 2.75) is 96.5 Å². The summed E-state index contributed by atoms with van der Waals surface area (Å²) in [7, 11) is -4.18. The molecule has 45 heavy (non-hydrogen) atoms. The molecule has 1 saturated carbocycles. The Morgan fingerprint density at radius 3 is 2.31 bits per heavy atom. The normalized spacial score (nSPS) is 20.7. The third kappa shape index (κ3) is 10.4. The number of aliphatic hydroxyl groups excluding tert-OH is 1. The number of nitrogens with one attached hydrogen (secondary N) is 1. The van der Waals surface area contributed by atoms with Gasteiger partial charge in [-0.3, -0.25) is 13.6 Å². The van der Waals surface area contributed by atoms with Crippen molar-refractivity contribution in [1.82, 2.24) is 19.7 Å². The molecule has 3 atom stereocenters. The Kier molecular flexibility index (Phi) is 12.6. The number of fused-ring (bicyclic) bond motifs is 1. The van der Waals surface area contributed by atoms with Gasteiger partial charge in [0.05, 0.1) is 36.5 Å². The van der Waals surface area contributed by atoms with Crippen molar-refractivity contribution in [3.05, 3.63) is 11.5 Å². The molecule has 0 radical (unpaired) electrons. The molecule has 19 heteroatoms. The van der Waals surface area contributed by atoms with Gasteiger partial charge in [-0.1, -0.05) is 12.8 Å². The summed E-state index contributed by atoms with van der Waals surface area (Å²) in [5.74, 6) is 0.584.